The van der Waals surface area contributed by atoms with E-state index in [2.05, 4.69) is 0 Å². The number of nitrogens with zero attached hydrogens (tertiary/aromatic N) is 1. The summed E-state index contributed by atoms with van der Waals surface area (Å²) in [5.74, 6) is 0.788. The van der Waals surface area contributed by atoms with Crippen molar-refractivity contribution in [2.45, 2.75) is 6.61 Å². The smallest absolute Gasteiger partial charge is 0.121 e. The zero-order chi connectivity index (χ0) is 13.0. The molecule has 0 heterocycles. The quantitative estimate of drug-likeness (QED) is 0.918. The number of phenols is 1. The van der Waals surface area contributed by atoms with Gasteiger partial charge in [-0.15, -0.1) is 0 Å². The fraction of sp³-hybridized carbons (Fsp3) is 0.0714. The Bertz CT molecular complexity index is 605. The largest absolute Gasteiger partial charge is 0.508 e. The van der Waals surface area contributed by atoms with Crippen LogP contribution in [-0.4, -0.2) is 5.11 Å². The van der Waals surface area contributed by atoms with Crippen molar-refractivity contribution in [3.05, 3.63) is 58.6 Å². The second-order valence-corrected chi connectivity index (χ2v) is 4.12. The Balaban J connectivity index is 2.07. The highest BCUT2D eigenvalue weighted by atomic mass is 35.5. The van der Waals surface area contributed by atoms with Gasteiger partial charge in [0.25, 0.3) is 0 Å². The number of halogens is 1. The number of nitriles is 1. The SMILES string of the molecule is N#Cc1ccc(OCc2cccc(O)c2)cc1Cl. The predicted octanol–water partition coefficient (Wildman–Crippen LogP) is 3.50. The van der Waals surface area contributed by atoms with Crippen LogP contribution in [0.4, 0.5) is 0 Å². The Hall–Kier alpha value is -2.18. The van der Waals surface area contributed by atoms with E-state index >= 15 is 0 Å². The van der Waals surface area contributed by atoms with E-state index < -0.39 is 0 Å². The maximum absolute atomic E-state index is 9.31. The lowest BCUT2D eigenvalue weighted by Crippen LogP contribution is -1.95. The number of hydrogen-bond acceptors (Lipinski definition) is 3. The average molecular weight is 260 g/mol. The molecule has 4 heteroatoms. The Morgan fingerprint density at radius 1 is 1.22 bits per heavy atom. The molecule has 0 spiro atoms. The van der Waals surface area contributed by atoms with E-state index in [4.69, 9.17) is 21.6 Å². The van der Waals surface area contributed by atoms with Gasteiger partial charge in [-0.05, 0) is 29.8 Å². The standard InChI is InChI=1S/C14H10ClNO2/c15-14-7-13(5-4-11(14)8-16)18-9-10-2-1-3-12(17)6-10/h1-7,17H,9H2. The highest BCUT2D eigenvalue weighted by molar-refractivity contribution is 6.31. The molecule has 90 valence electrons. The first-order valence-electron chi connectivity index (χ1n) is 5.29. The van der Waals surface area contributed by atoms with Crippen molar-refractivity contribution in [1.29, 1.82) is 5.26 Å². The Labute approximate surface area is 110 Å². The van der Waals surface area contributed by atoms with Crippen molar-refractivity contribution in [1.82, 2.24) is 0 Å². The van der Waals surface area contributed by atoms with Crippen LogP contribution in [0.15, 0.2) is 42.5 Å². The summed E-state index contributed by atoms with van der Waals surface area (Å²) in [6.45, 7) is 0.330. The minimum atomic E-state index is 0.203. The third kappa shape index (κ3) is 2.93. The summed E-state index contributed by atoms with van der Waals surface area (Å²) in [6.07, 6.45) is 0. The lowest BCUT2D eigenvalue weighted by atomic mass is 10.2. The minimum absolute atomic E-state index is 0.203. The molecule has 0 fully saturated rings. The van der Waals surface area contributed by atoms with Gasteiger partial charge >= 0.3 is 0 Å². The van der Waals surface area contributed by atoms with Gasteiger partial charge < -0.3 is 9.84 Å². The van der Waals surface area contributed by atoms with Gasteiger partial charge in [0, 0.05) is 6.07 Å². The third-order valence-corrected chi connectivity index (χ3v) is 2.69. The molecule has 0 aliphatic heterocycles. The van der Waals surface area contributed by atoms with E-state index in [-0.39, 0.29) is 5.75 Å². The first-order chi connectivity index (χ1) is 8.69. The van der Waals surface area contributed by atoms with Crippen molar-refractivity contribution in [2.75, 3.05) is 0 Å². The minimum Gasteiger partial charge on any atom is -0.508 e. The number of rotatable bonds is 3. The number of phenolic OH excluding ortho intramolecular Hbond substituents is 1. The molecule has 3 nitrogen and oxygen atoms in total. The van der Waals surface area contributed by atoms with Crippen LogP contribution in [0.3, 0.4) is 0 Å². The Morgan fingerprint density at radius 2 is 2.06 bits per heavy atom. The van der Waals surface area contributed by atoms with Gasteiger partial charge in [0.2, 0.25) is 0 Å². The summed E-state index contributed by atoms with van der Waals surface area (Å²) in [7, 11) is 0. The monoisotopic (exact) mass is 259 g/mol. The van der Waals surface area contributed by atoms with Crippen LogP contribution >= 0.6 is 11.6 Å². The molecule has 0 saturated carbocycles. The third-order valence-electron chi connectivity index (χ3n) is 2.38. The fourth-order valence-corrected chi connectivity index (χ4v) is 1.70. The molecule has 2 rings (SSSR count). The summed E-state index contributed by atoms with van der Waals surface area (Å²) < 4.78 is 5.52. The molecule has 0 aliphatic rings. The maximum atomic E-state index is 9.31. The molecule has 0 unspecified atom stereocenters. The van der Waals surface area contributed by atoms with Crippen LogP contribution in [0.2, 0.25) is 5.02 Å². The van der Waals surface area contributed by atoms with Gasteiger partial charge in [0.15, 0.2) is 0 Å². The molecule has 0 radical (unpaired) electrons. The zero-order valence-corrected chi connectivity index (χ0v) is 10.2. The van der Waals surface area contributed by atoms with Gasteiger partial charge in [-0.3, -0.25) is 0 Å². The van der Waals surface area contributed by atoms with Crippen LogP contribution in [0.25, 0.3) is 0 Å². The summed E-state index contributed by atoms with van der Waals surface area (Å²) in [4.78, 5) is 0. The molecule has 0 atom stereocenters. The van der Waals surface area contributed by atoms with Crippen LogP contribution in [0.1, 0.15) is 11.1 Å². The second-order valence-electron chi connectivity index (χ2n) is 3.71. The topological polar surface area (TPSA) is 53.2 Å². The van der Waals surface area contributed by atoms with E-state index in [9.17, 15) is 5.11 Å². The van der Waals surface area contributed by atoms with E-state index in [1.54, 1.807) is 36.4 Å². The van der Waals surface area contributed by atoms with Gasteiger partial charge in [-0.2, -0.15) is 5.26 Å². The highest BCUT2D eigenvalue weighted by Gasteiger charge is 2.02. The molecule has 18 heavy (non-hydrogen) atoms. The fourth-order valence-electron chi connectivity index (χ4n) is 1.49. The van der Waals surface area contributed by atoms with E-state index in [1.165, 1.54) is 0 Å². The van der Waals surface area contributed by atoms with E-state index in [1.807, 2.05) is 12.1 Å². The molecule has 1 N–H and O–H groups in total. The second kappa shape index (κ2) is 5.44. The van der Waals surface area contributed by atoms with Crippen molar-refractivity contribution in [3.8, 4) is 17.6 Å². The molecule has 0 amide bonds. The summed E-state index contributed by atoms with van der Waals surface area (Å²) in [6, 6.07) is 13.7. The summed E-state index contributed by atoms with van der Waals surface area (Å²) in [5, 5.41) is 18.4. The molecular formula is C14H10ClNO2. The van der Waals surface area contributed by atoms with Crippen LogP contribution in [-0.2, 0) is 6.61 Å². The van der Waals surface area contributed by atoms with Crippen molar-refractivity contribution < 1.29 is 9.84 Å². The summed E-state index contributed by atoms with van der Waals surface area (Å²) in [5.41, 5.74) is 1.27. The van der Waals surface area contributed by atoms with Gasteiger partial charge in [-0.25, -0.2) is 0 Å². The molecule has 0 aliphatic carbocycles. The molecular weight excluding hydrogens is 250 g/mol. The van der Waals surface area contributed by atoms with Crippen molar-refractivity contribution in [3.63, 3.8) is 0 Å². The van der Waals surface area contributed by atoms with Crippen molar-refractivity contribution in [2.24, 2.45) is 0 Å². The van der Waals surface area contributed by atoms with Crippen LogP contribution in [0, 0.1) is 11.3 Å². The molecule has 0 saturated heterocycles. The van der Waals surface area contributed by atoms with Gasteiger partial charge in [-0.1, -0.05) is 23.7 Å². The highest BCUT2D eigenvalue weighted by Crippen LogP contribution is 2.23. The molecule has 0 aromatic heterocycles. The predicted molar refractivity (Wildman–Crippen MR) is 68.6 cm³/mol. The van der Waals surface area contributed by atoms with Crippen LogP contribution < -0.4 is 4.74 Å². The van der Waals surface area contributed by atoms with E-state index in [0.29, 0.717) is 22.9 Å². The van der Waals surface area contributed by atoms with Crippen molar-refractivity contribution >= 4 is 11.6 Å². The lowest BCUT2D eigenvalue weighted by Gasteiger charge is -2.07. The number of ether oxygens (including phenoxy) is 1. The normalized spacial score (nSPS) is 9.78. The first-order valence-corrected chi connectivity index (χ1v) is 5.67. The molecule has 0 bridgehead atoms. The van der Waals surface area contributed by atoms with Gasteiger partial charge in [0.05, 0.1) is 10.6 Å². The Kier molecular flexibility index (Phi) is 3.71. The lowest BCUT2D eigenvalue weighted by molar-refractivity contribution is 0.305. The number of benzene rings is 2. The molecule has 2 aromatic rings. The number of aromatic hydroxyl groups is 1. The first kappa shape index (κ1) is 12.3. The molecule has 2 aromatic carbocycles. The number of hydrogen-bond donors (Lipinski definition) is 1. The van der Waals surface area contributed by atoms with Crippen LogP contribution in [0.5, 0.6) is 11.5 Å². The van der Waals surface area contributed by atoms with E-state index in [0.717, 1.165) is 5.56 Å². The Morgan fingerprint density at radius 3 is 2.72 bits per heavy atom. The summed E-state index contributed by atoms with van der Waals surface area (Å²) >= 11 is 5.89. The average Bonchev–Trinajstić information content (AvgIpc) is 2.37. The van der Waals surface area contributed by atoms with Gasteiger partial charge in [0.1, 0.15) is 24.2 Å². The maximum Gasteiger partial charge on any atom is 0.121 e. The zero-order valence-electron chi connectivity index (χ0n) is 9.43.